The van der Waals surface area contributed by atoms with Gasteiger partial charge in [-0.15, -0.1) is 0 Å². The average molecular weight is 383 g/mol. The Hall–Kier alpha value is -1.89. The van der Waals surface area contributed by atoms with Crippen molar-refractivity contribution in [2.24, 2.45) is 0 Å². The number of hydrogen-bond acceptors (Lipinski definition) is 6. The molecule has 0 spiro atoms. The smallest absolute Gasteiger partial charge is 0.146 e. The molecule has 1 N–H and O–H groups in total. The number of nitrogens with one attached hydrogen (secondary N) is 1. The molecule has 5 nitrogen and oxygen atoms in total. The van der Waals surface area contributed by atoms with Crippen molar-refractivity contribution in [3.63, 3.8) is 0 Å². The molecule has 1 aliphatic carbocycles. The van der Waals surface area contributed by atoms with Gasteiger partial charge in [-0.05, 0) is 50.3 Å². The zero-order chi connectivity index (χ0) is 18.6. The van der Waals surface area contributed by atoms with Crippen LogP contribution < -0.4 is 20.2 Å². The average Bonchev–Trinajstić information content (AvgIpc) is 2.70. The molecule has 1 aromatic carbocycles. The number of nitrogens with zero attached hydrogens (tertiary/aromatic N) is 3. The Labute approximate surface area is 164 Å². The Bertz CT molecular complexity index is 938. The van der Waals surface area contributed by atoms with E-state index in [-0.39, 0.29) is 0 Å². The maximum atomic E-state index is 5.51. The van der Waals surface area contributed by atoms with Crippen molar-refractivity contribution in [3.8, 4) is 0 Å². The van der Waals surface area contributed by atoms with Crippen molar-refractivity contribution in [2.45, 2.75) is 38.1 Å². The van der Waals surface area contributed by atoms with Gasteiger partial charge in [0.05, 0.1) is 25.1 Å². The number of fused-ring (bicyclic) bond motifs is 1. The first kappa shape index (κ1) is 18.5. The first-order chi connectivity index (χ1) is 13.2. The number of hydrogen-bond donors (Lipinski definition) is 1. The molecule has 0 bridgehead atoms. The third kappa shape index (κ3) is 4.34. The van der Waals surface area contributed by atoms with Gasteiger partial charge in [-0.2, -0.15) is 0 Å². The van der Waals surface area contributed by atoms with Crippen molar-refractivity contribution < 1.29 is 4.74 Å². The summed E-state index contributed by atoms with van der Waals surface area (Å²) in [6.07, 6.45) is 6.63. The van der Waals surface area contributed by atoms with Gasteiger partial charge in [0.2, 0.25) is 0 Å². The van der Waals surface area contributed by atoms with E-state index in [9.17, 15) is 0 Å². The minimum Gasteiger partial charge on any atom is -0.378 e. The van der Waals surface area contributed by atoms with E-state index >= 15 is 0 Å². The van der Waals surface area contributed by atoms with E-state index in [1.165, 1.54) is 21.2 Å². The van der Waals surface area contributed by atoms with Gasteiger partial charge in [0.25, 0.3) is 0 Å². The van der Waals surface area contributed by atoms with E-state index in [2.05, 4.69) is 53.8 Å². The van der Waals surface area contributed by atoms with Gasteiger partial charge in [-0.3, -0.25) is 4.72 Å². The highest BCUT2D eigenvalue weighted by molar-refractivity contribution is 7.97. The summed E-state index contributed by atoms with van der Waals surface area (Å²) in [4.78, 5) is 13.3. The number of anilines is 1. The van der Waals surface area contributed by atoms with E-state index < -0.39 is 0 Å². The lowest BCUT2D eigenvalue weighted by Crippen LogP contribution is -2.44. The molecule has 1 saturated heterocycles. The zero-order valence-electron chi connectivity index (χ0n) is 16.0. The molecule has 27 heavy (non-hydrogen) atoms. The van der Waals surface area contributed by atoms with E-state index in [1.54, 1.807) is 11.9 Å². The molecule has 2 aromatic rings. The Balaban J connectivity index is 1.54. The Morgan fingerprint density at radius 1 is 1.11 bits per heavy atom. The molecule has 1 fully saturated rings. The van der Waals surface area contributed by atoms with Gasteiger partial charge in [-0.1, -0.05) is 29.8 Å². The van der Waals surface area contributed by atoms with Crippen molar-refractivity contribution in [3.05, 3.63) is 45.7 Å². The molecule has 0 saturated carbocycles. The number of benzene rings is 1. The van der Waals surface area contributed by atoms with E-state index in [4.69, 9.17) is 14.7 Å². The van der Waals surface area contributed by atoms with Gasteiger partial charge in [0.1, 0.15) is 11.6 Å². The predicted molar refractivity (Wildman–Crippen MR) is 111 cm³/mol. The fraction of sp³-hybridized carbons (Fsp3) is 0.429. The van der Waals surface area contributed by atoms with Gasteiger partial charge >= 0.3 is 0 Å². The molecule has 0 atom stereocenters. The summed E-state index contributed by atoms with van der Waals surface area (Å²) in [5.74, 6) is 1.91. The minimum absolute atomic E-state index is 0.635. The number of ether oxygens (including phenoxy) is 1. The maximum Gasteiger partial charge on any atom is 0.146 e. The Morgan fingerprint density at radius 2 is 1.93 bits per heavy atom. The van der Waals surface area contributed by atoms with Gasteiger partial charge < -0.3 is 9.64 Å². The predicted octanol–water partition coefficient (Wildman–Crippen LogP) is 2.08. The van der Waals surface area contributed by atoms with E-state index in [1.807, 2.05) is 0 Å². The monoisotopic (exact) mass is 382 g/mol. The van der Waals surface area contributed by atoms with E-state index in [0.29, 0.717) is 6.54 Å². The summed E-state index contributed by atoms with van der Waals surface area (Å²) >= 11 is 1.65. The highest BCUT2D eigenvalue weighted by Gasteiger charge is 2.16. The van der Waals surface area contributed by atoms with Gasteiger partial charge in [-0.25, -0.2) is 9.97 Å². The summed E-state index contributed by atoms with van der Waals surface area (Å²) in [7, 11) is 0. The van der Waals surface area contributed by atoms with Crippen LogP contribution in [0.4, 0.5) is 5.82 Å². The highest BCUT2D eigenvalue weighted by atomic mass is 32.2. The van der Waals surface area contributed by atoms with E-state index in [0.717, 1.165) is 56.1 Å². The molecule has 4 rings (SSSR count). The Morgan fingerprint density at radius 3 is 2.74 bits per heavy atom. The van der Waals surface area contributed by atoms with Crippen LogP contribution in [0.1, 0.15) is 29.8 Å². The Kier molecular flexibility index (Phi) is 5.76. The normalized spacial score (nSPS) is 16.4. The van der Waals surface area contributed by atoms with Gasteiger partial charge in [0, 0.05) is 23.2 Å². The molecule has 2 heterocycles. The van der Waals surface area contributed by atoms with Crippen LogP contribution in [0.25, 0.3) is 12.2 Å². The van der Waals surface area contributed by atoms with Gasteiger partial charge in [0.15, 0.2) is 0 Å². The lowest BCUT2D eigenvalue weighted by molar-refractivity contribution is 0.122. The number of aryl methyl sites for hydroxylation is 2. The van der Waals surface area contributed by atoms with Crippen molar-refractivity contribution >= 4 is 29.9 Å². The summed E-state index contributed by atoms with van der Waals surface area (Å²) in [5, 5.41) is 2.26. The molecular formula is C21H26N4OS. The summed E-state index contributed by atoms with van der Waals surface area (Å²) in [6, 6.07) is 6.52. The number of aromatic nitrogens is 2. The maximum absolute atomic E-state index is 5.51. The van der Waals surface area contributed by atoms with Crippen LogP contribution in [-0.4, -0.2) is 36.3 Å². The number of morpholine rings is 1. The summed E-state index contributed by atoms with van der Waals surface area (Å²) in [6.45, 7) is 8.21. The first-order valence-corrected chi connectivity index (χ1v) is 10.4. The van der Waals surface area contributed by atoms with Crippen LogP contribution in [0.5, 0.6) is 0 Å². The zero-order valence-corrected chi connectivity index (χ0v) is 16.8. The van der Waals surface area contributed by atoms with Crippen LogP contribution in [0.3, 0.4) is 0 Å². The highest BCUT2D eigenvalue weighted by Crippen LogP contribution is 2.20. The minimum atomic E-state index is 0.635. The van der Waals surface area contributed by atoms with Crippen LogP contribution >= 0.6 is 11.9 Å². The molecule has 0 radical (unpaired) electrons. The van der Waals surface area contributed by atoms with Crippen LogP contribution in [0.2, 0.25) is 0 Å². The standard InChI is InChI=1S/C21H26N4OS/c1-15-7-8-19(16(2)13-15)27-22-14-20-23-18-6-4-3-5-17(18)21(24-20)25-9-11-26-12-10-25/h5-8,13,22H,3-4,9-12,14H2,1-2H3. The SMILES string of the molecule is Cc1ccc(SNCc2nc(N3CCOCC3)c3c(n2)=CCCC=3)c(C)c1. The molecular weight excluding hydrogens is 356 g/mol. The van der Waals surface area contributed by atoms with Crippen molar-refractivity contribution in [2.75, 3.05) is 31.2 Å². The second-order valence-corrected chi connectivity index (χ2v) is 7.97. The van der Waals surface area contributed by atoms with Crippen LogP contribution in [-0.2, 0) is 11.3 Å². The first-order valence-electron chi connectivity index (χ1n) is 9.58. The molecule has 0 amide bonds. The third-order valence-electron chi connectivity index (χ3n) is 4.91. The second kappa shape index (κ2) is 8.42. The summed E-state index contributed by atoms with van der Waals surface area (Å²) in [5.41, 5.74) is 2.58. The fourth-order valence-corrected chi connectivity index (χ4v) is 4.22. The summed E-state index contributed by atoms with van der Waals surface area (Å²) < 4.78 is 8.95. The molecule has 6 heteroatoms. The molecule has 0 unspecified atom stereocenters. The number of rotatable bonds is 5. The lowest BCUT2D eigenvalue weighted by atomic mass is 10.1. The molecule has 2 aliphatic rings. The van der Waals surface area contributed by atoms with Crippen molar-refractivity contribution in [1.82, 2.24) is 14.7 Å². The molecule has 1 aromatic heterocycles. The quantitative estimate of drug-likeness (QED) is 0.799. The fourth-order valence-electron chi connectivity index (χ4n) is 3.51. The topological polar surface area (TPSA) is 50.3 Å². The van der Waals surface area contributed by atoms with Crippen LogP contribution in [0, 0.1) is 13.8 Å². The van der Waals surface area contributed by atoms with Crippen LogP contribution in [0.15, 0.2) is 23.1 Å². The largest absolute Gasteiger partial charge is 0.378 e. The lowest BCUT2D eigenvalue weighted by Gasteiger charge is -2.28. The third-order valence-corrected chi connectivity index (χ3v) is 5.87. The van der Waals surface area contributed by atoms with Crippen molar-refractivity contribution in [1.29, 1.82) is 0 Å². The molecule has 1 aliphatic heterocycles. The second-order valence-electron chi connectivity index (χ2n) is 7.04. The molecule has 142 valence electrons.